The average Bonchev–Trinajstić information content (AvgIpc) is 3.07. The van der Waals surface area contributed by atoms with Crippen molar-refractivity contribution in [2.24, 2.45) is 11.7 Å². The van der Waals surface area contributed by atoms with Crippen LogP contribution in [-0.2, 0) is 6.42 Å². The normalized spacial score (nSPS) is 17.5. The van der Waals surface area contributed by atoms with E-state index in [1.54, 1.807) is 0 Å². The Kier molecular flexibility index (Phi) is 2.85. The predicted octanol–water partition coefficient (Wildman–Crippen LogP) is 3.76. The molecule has 1 fully saturated rings. The molecule has 0 aliphatic heterocycles. The van der Waals surface area contributed by atoms with Crippen LogP contribution in [0.1, 0.15) is 25.0 Å². The van der Waals surface area contributed by atoms with Crippen LogP contribution in [0.4, 0.5) is 0 Å². The lowest BCUT2D eigenvalue weighted by Gasteiger charge is -2.07. The predicted molar refractivity (Wildman–Crippen MR) is 70.2 cm³/mol. The second-order valence-corrected chi connectivity index (χ2v) is 5.37. The molecule has 1 atom stereocenters. The van der Waals surface area contributed by atoms with Gasteiger partial charge in [-0.2, -0.15) is 0 Å². The standard InChI is InChI=1S/C14H16ClNO/c15-11-3-6-14-10(7-11)8-12(17-14)4-5-13(16)9-1-2-9/h3,6-9,13H,1-2,4-5,16H2. The van der Waals surface area contributed by atoms with Crippen LogP contribution in [0.25, 0.3) is 11.0 Å². The molecule has 17 heavy (non-hydrogen) atoms. The number of benzene rings is 1. The number of hydrogen-bond acceptors (Lipinski definition) is 2. The highest BCUT2D eigenvalue weighted by Crippen LogP contribution is 2.33. The Hall–Kier alpha value is -0.990. The summed E-state index contributed by atoms with van der Waals surface area (Å²) in [6.07, 6.45) is 4.54. The summed E-state index contributed by atoms with van der Waals surface area (Å²) in [6, 6.07) is 8.12. The van der Waals surface area contributed by atoms with Gasteiger partial charge >= 0.3 is 0 Å². The van der Waals surface area contributed by atoms with E-state index < -0.39 is 0 Å². The summed E-state index contributed by atoms with van der Waals surface area (Å²) in [5.74, 6) is 1.77. The maximum atomic E-state index is 6.08. The number of rotatable bonds is 4. The lowest BCUT2D eigenvalue weighted by atomic mass is 10.1. The minimum Gasteiger partial charge on any atom is -0.461 e. The summed E-state index contributed by atoms with van der Waals surface area (Å²) in [5.41, 5.74) is 6.99. The van der Waals surface area contributed by atoms with Crippen molar-refractivity contribution in [2.45, 2.75) is 31.7 Å². The zero-order valence-corrected chi connectivity index (χ0v) is 10.4. The second kappa shape index (κ2) is 4.35. The van der Waals surface area contributed by atoms with E-state index in [-0.39, 0.29) is 0 Å². The molecule has 0 bridgehead atoms. The van der Waals surface area contributed by atoms with Crippen LogP contribution in [-0.4, -0.2) is 6.04 Å². The molecule has 2 N–H and O–H groups in total. The molecule has 1 aromatic carbocycles. The maximum Gasteiger partial charge on any atom is 0.134 e. The number of hydrogen-bond donors (Lipinski definition) is 1. The quantitative estimate of drug-likeness (QED) is 0.896. The molecule has 2 aromatic rings. The smallest absolute Gasteiger partial charge is 0.134 e. The fourth-order valence-electron chi connectivity index (χ4n) is 2.26. The Labute approximate surface area is 106 Å². The molecule has 0 amide bonds. The van der Waals surface area contributed by atoms with Crippen LogP contribution < -0.4 is 5.73 Å². The van der Waals surface area contributed by atoms with Gasteiger partial charge in [-0.05, 0) is 49.4 Å². The van der Waals surface area contributed by atoms with Crippen molar-refractivity contribution in [1.82, 2.24) is 0 Å². The van der Waals surface area contributed by atoms with Gasteiger partial charge in [-0.3, -0.25) is 0 Å². The van der Waals surface area contributed by atoms with E-state index in [4.69, 9.17) is 21.8 Å². The first-order valence-corrected chi connectivity index (χ1v) is 6.54. The van der Waals surface area contributed by atoms with Gasteiger partial charge < -0.3 is 10.2 Å². The molecule has 1 aliphatic rings. The number of fused-ring (bicyclic) bond motifs is 1. The molecule has 0 saturated heterocycles. The van der Waals surface area contributed by atoms with E-state index >= 15 is 0 Å². The summed E-state index contributed by atoms with van der Waals surface area (Å²) < 4.78 is 5.76. The first-order valence-electron chi connectivity index (χ1n) is 6.16. The van der Waals surface area contributed by atoms with Gasteiger partial charge in [0, 0.05) is 22.9 Å². The Bertz CT molecular complexity index is 530. The van der Waals surface area contributed by atoms with Gasteiger partial charge in [0.2, 0.25) is 0 Å². The highest BCUT2D eigenvalue weighted by Gasteiger charge is 2.28. The molecule has 1 saturated carbocycles. The van der Waals surface area contributed by atoms with E-state index in [1.807, 2.05) is 18.2 Å². The topological polar surface area (TPSA) is 39.2 Å². The largest absolute Gasteiger partial charge is 0.461 e. The number of furan rings is 1. The van der Waals surface area contributed by atoms with Crippen molar-refractivity contribution < 1.29 is 4.42 Å². The number of aryl methyl sites for hydroxylation is 1. The van der Waals surface area contributed by atoms with Crippen LogP contribution in [0.2, 0.25) is 5.02 Å². The third kappa shape index (κ3) is 2.48. The zero-order chi connectivity index (χ0) is 11.8. The monoisotopic (exact) mass is 249 g/mol. The Morgan fingerprint density at radius 3 is 2.94 bits per heavy atom. The molecule has 2 nitrogen and oxygen atoms in total. The average molecular weight is 250 g/mol. The number of nitrogens with two attached hydrogens (primary N) is 1. The van der Waals surface area contributed by atoms with Crippen LogP contribution in [0.5, 0.6) is 0 Å². The Balaban J connectivity index is 1.72. The fourth-order valence-corrected chi connectivity index (χ4v) is 2.44. The SMILES string of the molecule is NC(CCc1cc2cc(Cl)ccc2o1)C1CC1. The minimum absolute atomic E-state index is 0.340. The third-order valence-corrected chi connectivity index (χ3v) is 3.72. The Morgan fingerprint density at radius 2 is 2.18 bits per heavy atom. The van der Waals surface area contributed by atoms with Gasteiger partial charge in [0.25, 0.3) is 0 Å². The minimum atomic E-state index is 0.340. The summed E-state index contributed by atoms with van der Waals surface area (Å²) in [6.45, 7) is 0. The summed E-state index contributed by atoms with van der Waals surface area (Å²) in [5, 5.41) is 1.83. The van der Waals surface area contributed by atoms with Crippen molar-refractivity contribution in [3.8, 4) is 0 Å². The molecular weight excluding hydrogens is 234 g/mol. The van der Waals surface area contributed by atoms with Gasteiger partial charge in [-0.1, -0.05) is 11.6 Å². The van der Waals surface area contributed by atoms with Gasteiger partial charge in [0.05, 0.1) is 0 Å². The third-order valence-electron chi connectivity index (χ3n) is 3.48. The van der Waals surface area contributed by atoms with E-state index in [0.717, 1.165) is 40.5 Å². The van der Waals surface area contributed by atoms with Gasteiger partial charge in [0.15, 0.2) is 0 Å². The van der Waals surface area contributed by atoms with Crippen molar-refractivity contribution in [3.63, 3.8) is 0 Å². The van der Waals surface area contributed by atoms with E-state index in [9.17, 15) is 0 Å². The van der Waals surface area contributed by atoms with Crippen LogP contribution >= 0.6 is 11.6 Å². The lowest BCUT2D eigenvalue weighted by molar-refractivity contribution is 0.491. The first-order chi connectivity index (χ1) is 8.22. The van der Waals surface area contributed by atoms with Gasteiger partial charge in [0.1, 0.15) is 11.3 Å². The van der Waals surface area contributed by atoms with E-state index in [0.29, 0.717) is 6.04 Å². The molecule has 1 aliphatic carbocycles. The Morgan fingerprint density at radius 1 is 1.35 bits per heavy atom. The van der Waals surface area contributed by atoms with Gasteiger partial charge in [-0.25, -0.2) is 0 Å². The molecule has 1 heterocycles. The van der Waals surface area contributed by atoms with Gasteiger partial charge in [-0.15, -0.1) is 0 Å². The fraction of sp³-hybridized carbons (Fsp3) is 0.429. The molecule has 3 heteroatoms. The summed E-state index contributed by atoms with van der Waals surface area (Å²) >= 11 is 5.94. The molecule has 0 radical (unpaired) electrons. The van der Waals surface area contributed by atoms with Crippen molar-refractivity contribution in [2.75, 3.05) is 0 Å². The van der Waals surface area contributed by atoms with Crippen molar-refractivity contribution in [3.05, 3.63) is 35.0 Å². The van der Waals surface area contributed by atoms with Crippen molar-refractivity contribution in [1.29, 1.82) is 0 Å². The molecule has 1 unspecified atom stereocenters. The molecule has 0 spiro atoms. The van der Waals surface area contributed by atoms with E-state index in [2.05, 4.69) is 6.07 Å². The number of halogens is 1. The van der Waals surface area contributed by atoms with Crippen LogP contribution in [0.15, 0.2) is 28.7 Å². The summed E-state index contributed by atoms with van der Waals surface area (Å²) in [7, 11) is 0. The first kappa shape index (κ1) is 11.1. The van der Waals surface area contributed by atoms with Crippen LogP contribution in [0.3, 0.4) is 0 Å². The molecular formula is C14H16ClNO. The van der Waals surface area contributed by atoms with Crippen molar-refractivity contribution >= 4 is 22.6 Å². The highest BCUT2D eigenvalue weighted by molar-refractivity contribution is 6.31. The van der Waals surface area contributed by atoms with Crippen LogP contribution in [0, 0.1) is 5.92 Å². The second-order valence-electron chi connectivity index (χ2n) is 4.93. The maximum absolute atomic E-state index is 6.08. The zero-order valence-electron chi connectivity index (χ0n) is 9.66. The summed E-state index contributed by atoms with van der Waals surface area (Å²) in [4.78, 5) is 0. The molecule has 1 aromatic heterocycles. The molecule has 3 rings (SSSR count). The molecule has 90 valence electrons. The lowest BCUT2D eigenvalue weighted by Crippen LogP contribution is -2.22. The highest BCUT2D eigenvalue weighted by atomic mass is 35.5. The van der Waals surface area contributed by atoms with E-state index in [1.165, 1.54) is 12.8 Å².